The van der Waals surface area contributed by atoms with Gasteiger partial charge in [-0.2, -0.15) is 0 Å². The zero-order valence-corrected chi connectivity index (χ0v) is 17.9. The molecule has 0 atom stereocenters. The van der Waals surface area contributed by atoms with Gasteiger partial charge in [0.25, 0.3) is 5.79 Å². The van der Waals surface area contributed by atoms with Crippen molar-refractivity contribution < 1.29 is 23.9 Å². The van der Waals surface area contributed by atoms with Gasteiger partial charge in [0.2, 0.25) is 0 Å². The van der Waals surface area contributed by atoms with E-state index in [1.54, 1.807) is 24.3 Å². The SMILES string of the molecule is CC(=O)c1ccc(CNc2c(Cl)ccc3c2CCNCC32OC(=O)CCC(=O)O2)cc1. The number of benzene rings is 2. The van der Waals surface area contributed by atoms with Crippen molar-refractivity contribution in [2.24, 2.45) is 0 Å². The molecule has 2 aliphatic rings. The number of rotatable bonds is 4. The molecule has 2 heterocycles. The second-order valence-corrected chi connectivity index (χ2v) is 8.09. The highest BCUT2D eigenvalue weighted by Crippen LogP contribution is 2.40. The molecule has 2 aromatic carbocycles. The zero-order valence-electron chi connectivity index (χ0n) is 17.1. The van der Waals surface area contributed by atoms with Gasteiger partial charge in [-0.25, -0.2) is 0 Å². The molecule has 2 aliphatic heterocycles. The molecule has 4 rings (SSSR count). The zero-order chi connectivity index (χ0) is 22.0. The fraction of sp³-hybridized carbons (Fsp3) is 0.348. The van der Waals surface area contributed by atoms with Gasteiger partial charge < -0.3 is 20.1 Å². The van der Waals surface area contributed by atoms with Gasteiger partial charge >= 0.3 is 11.9 Å². The van der Waals surface area contributed by atoms with Crippen molar-refractivity contribution in [3.05, 3.63) is 63.7 Å². The van der Waals surface area contributed by atoms with E-state index in [0.717, 1.165) is 11.1 Å². The average molecular weight is 443 g/mol. The fourth-order valence-corrected chi connectivity index (χ4v) is 4.16. The van der Waals surface area contributed by atoms with Crippen molar-refractivity contribution in [1.29, 1.82) is 0 Å². The van der Waals surface area contributed by atoms with E-state index in [2.05, 4.69) is 10.6 Å². The van der Waals surface area contributed by atoms with Crippen LogP contribution in [0.1, 0.15) is 46.8 Å². The average Bonchev–Trinajstić information content (AvgIpc) is 3.00. The topological polar surface area (TPSA) is 93.7 Å². The summed E-state index contributed by atoms with van der Waals surface area (Å²) in [5, 5.41) is 7.09. The number of fused-ring (bicyclic) bond motifs is 2. The predicted octanol–water partition coefficient (Wildman–Crippen LogP) is 3.33. The molecule has 31 heavy (non-hydrogen) atoms. The first kappa shape index (κ1) is 21.3. The second-order valence-electron chi connectivity index (χ2n) is 7.68. The molecule has 0 unspecified atom stereocenters. The summed E-state index contributed by atoms with van der Waals surface area (Å²) in [4.78, 5) is 35.9. The number of halogens is 1. The fourth-order valence-electron chi connectivity index (χ4n) is 3.91. The number of esters is 2. The van der Waals surface area contributed by atoms with Crippen molar-refractivity contribution in [2.45, 2.75) is 38.5 Å². The minimum absolute atomic E-state index is 0.00906. The Hall–Kier alpha value is -2.90. The van der Waals surface area contributed by atoms with Crippen LogP contribution in [0.3, 0.4) is 0 Å². The number of hydrogen-bond donors (Lipinski definition) is 2. The highest BCUT2D eigenvalue weighted by atomic mass is 35.5. The molecule has 0 bridgehead atoms. The van der Waals surface area contributed by atoms with Crippen LogP contribution in [0.4, 0.5) is 5.69 Å². The Morgan fingerprint density at radius 2 is 1.74 bits per heavy atom. The van der Waals surface area contributed by atoms with Crippen LogP contribution in [-0.4, -0.2) is 30.8 Å². The highest BCUT2D eigenvalue weighted by molar-refractivity contribution is 6.33. The number of carbonyl (C=O) groups is 3. The molecule has 162 valence electrons. The number of carbonyl (C=O) groups excluding carboxylic acids is 3. The molecule has 7 nitrogen and oxygen atoms in total. The quantitative estimate of drug-likeness (QED) is 0.554. The van der Waals surface area contributed by atoms with Crippen LogP contribution in [0, 0.1) is 0 Å². The van der Waals surface area contributed by atoms with Crippen LogP contribution in [0.5, 0.6) is 0 Å². The minimum atomic E-state index is -1.51. The Labute approximate surface area is 185 Å². The maximum atomic E-state index is 12.2. The van der Waals surface area contributed by atoms with Gasteiger partial charge in [0.15, 0.2) is 5.78 Å². The van der Waals surface area contributed by atoms with E-state index in [1.807, 2.05) is 12.1 Å². The van der Waals surface area contributed by atoms with Crippen molar-refractivity contribution in [3.63, 3.8) is 0 Å². The molecule has 1 spiro atoms. The lowest BCUT2D eigenvalue weighted by Crippen LogP contribution is -2.43. The summed E-state index contributed by atoms with van der Waals surface area (Å²) >= 11 is 6.52. The van der Waals surface area contributed by atoms with Gasteiger partial charge in [0.05, 0.1) is 30.1 Å². The lowest BCUT2D eigenvalue weighted by molar-refractivity contribution is -0.225. The number of ketones is 1. The number of hydrogen-bond acceptors (Lipinski definition) is 7. The first-order chi connectivity index (χ1) is 14.9. The van der Waals surface area contributed by atoms with Crippen LogP contribution in [0.15, 0.2) is 36.4 Å². The second kappa shape index (κ2) is 8.69. The van der Waals surface area contributed by atoms with Crippen LogP contribution in [-0.2, 0) is 37.8 Å². The van der Waals surface area contributed by atoms with E-state index < -0.39 is 17.7 Å². The van der Waals surface area contributed by atoms with Gasteiger partial charge in [0.1, 0.15) is 0 Å². The summed E-state index contributed by atoms with van der Waals surface area (Å²) in [6.45, 7) is 2.79. The highest BCUT2D eigenvalue weighted by Gasteiger charge is 2.45. The molecule has 2 aromatic rings. The summed E-state index contributed by atoms with van der Waals surface area (Å²) in [5.41, 5.74) is 3.78. The Balaban J connectivity index is 1.68. The summed E-state index contributed by atoms with van der Waals surface area (Å²) in [5.74, 6) is -2.45. The lowest BCUT2D eigenvalue weighted by Gasteiger charge is -2.32. The van der Waals surface area contributed by atoms with Gasteiger partial charge in [-0.1, -0.05) is 35.9 Å². The first-order valence-electron chi connectivity index (χ1n) is 10.2. The summed E-state index contributed by atoms with van der Waals surface area (Å²) in [6, 6.07) is 10.8. The Bertz CT molecular complexity index is 1020. The summed E-state index contributed by atoms with van der Waals surface area (Å²) in [7, 11) is 0. The van der Waals surface area contributed by atoms with E-state index in [9.17, 15) is 14.4 Å². The van der Waals surface area contributed by atoms with Gasteiger partial charge in [-0.15, -0.1) is 0 Å². The third kappa shape index (κ3) is 4.43. The maximum absolute atomic E-state index is 12.2. The smallest absolute Gasteiger partial charge is 0.309 e. The summed E-state index contributed by atoms with van der Waals surface area (Å²) in [6.07, 6.45) is 0.591. The normalized spacial score (nSPS) is 17.7. The predicted molar refractivity (Wildman–Crippen MR) is 115 cm³/mol. The van der Waals surface area contributed by atoms with Gasteiger partial charge in [0, 0.05) is 17.7 Å². The third-order valence-corrected chi connectivity index (χ3v) is 5.82. The molecular weight excluding hydrogens is 420 g/mol. The number of Topliss-reactive ketones (excluding diaryl/α,β-unsaturated/α-hetero) is 1. The number of anilines is 1. The van der Waals surface area contributed by atoms with E-state index in [1.165, 1.54) is 6.92 Å². The van der Waals surface area contributed by atoms with Crippen molar-refractivity contribution >= 4 is 35.0 Å². The molecule has 0 aromatic heterocycles. The van der Waals surface area contributed by atoms with E-state index in [0.29, 0.717) is 41.3 Å². The van der Waals surface area contributed by atoms with Crippen molar-refractivity contribution in [3.8, 4) is 0 Å². The molecule has 0 aliphatic carbocycles. The van der Waals surface area contributed by atoms with Crippen LogP contribution in [0.2, 0.25) is 5.02 Å². The molecule has 8 heteroatoms. The monoisotopic (exact) mass is 442 g/mol. The Kier molecular flexibility index (Phi) is 5.98. The van der Waals surface area contributed by atoms with Crippen LogP contribution in [0.25, 0.3) is 0 Å². The molecule has 1 saturated heterocycles. The Morgan fingerprint density at radius 1 is 1.06 bits per heavy atom. The van der Waals surface area contributed by atoms with E-state index >= 15 is 0 Å². The van der Waals surface area contributed by atoms with E-state index in [4.69, 9.17) is 21.1 Å². The van der Waals surface area contributed by atoms with Crippen LogP contribution >= 0.6 is 11.6 Å². The third-order valence-electron chi connectivity index (χ3n) is 5.50. The largest absolute Gasteiger partial charge is 0.416 e. The molecule has 2 N–H and O–H groups in total. The van der Waals surface area contributed by atoms with Crippen molar-refractivity contribution in [2.75, 3.05) is 18.4 Å². The standard InChI is InChI=1S/C23H23ClN2O5/c1-14(27)16-4-2-15(3-5-16)12-26-22-17-10-11-25-13-23(18(17)6-7-19(22)24)30-20(28)8-9-21(29)31-23/h2-7,25-26H,8-13H2,1H3. The molecule has 1 fully saturated rings. The molecule has 0 radical (unpaired) electrons. The minimum Gasteiger partial charge on any atom is -0.416 e. The molecule has 0 amide bonds. The van der Waals surface area contributed by atoms with Gasteiger partial charge in [-0.3, -0.25) is 14.4 Å². The van der Waals surface area contributed by atoms with Crippen molar-refractivity contribution in [1.82, 2.24) is 5.32 Å². The number of ether oxygens (including phenoxy) is 2. The first-order valence-corrected chi connectivity index (χ1v) is 10.6. The molecular formula is C23H23ClN2O5. The maximum Gasteiger partial charge on any atom is 0.309 e. The lowest BCUT2D eigenvalue weighted by atomic mass is 9.96. The van der Waals surface area contributed by atoms with Crippen LogP contribution < -0.4 is 10.6 Å². The number of nitrogens with one attached hydrogen (secondary N) is 2. The molecule has 0 saturated carbocycles. The Morgan fingerprint density at radius 3 is 2.39 bits per heavy atom. The van der Waals surface area contributed by atoms with E-state index in [-0.39, 0.29) is 25.2 Å². The summed E-state index contributed by atoms with van der Waals surface area (Å²) < 4.78 is 11.3. The van der Waals surface area contributed by atoms with Gasteiger partial charge in [-0.05, 0) is 43.1 Å².